The van der Waals surface area contributed by atoms with Crippen LogP contribution >= 0.6 is 7.82 Å². The molecule has 1 aliphatic heterocycles. The second kappa shape index (κ2) is 6.07. The fourth-order valence-electron chi connectivity index (χ4n) is 1.49. The van der Waals surface area contributed by atoms with Gasteiger partial charge in [-0.25, -0.2) is 4.57 Å². The molecule has 1 N–H and O–H groups in total. The molecule has 96 valence electrons. The van der Waals surface area contributed by atoms with Crippen LogP contribution in [0.25, 0.3) is 0 Å². The molecule has 1 fully saturated rings. The number of phosphoric ester groups is 1. The Balaban J connectivity index is 2.66. The topological polar surface area (TPSA) is 83.5 Å². The minimum atomic E-state index is -4.05. The Kier molecular flexibility index (Phi) is 5.33. The molecule has 0 aromatic carbocycles. The zero-order chi connectivity index (χ0) is 12.2. The van der Waals surface area contributed by atoms with Crippen LogP contribution in [-0.2, 0) is 27.8 Å². The summed E-state index contributed by atoms with van der Waals surface area (Å²) in [7, 11) is 0.0413. The van der Waals surface area contributed by atoms with Gasteiger partial charge >= 0.3 is 7.82 Å². The van der Waals surface area contributed by atoms with Crippen LogP contribution < -0.4 is 0 Å². The van der Waals surface area contributed by atoms with Gasteiger partial charge in [0.1, 0.15) is 18.3 Å². The number of phosphoric acid groups is 1. The van der Waals surface area contributed by atoms with Crippen LogP contribution in [0, 0.1) is 0 Å². The molecule has 0 spiro atoms. The van der Waals surface area contributed by atoms with Gasteiger partial charge in [0.2, 0.25) is 0 Å². The Hall–Kier alpha value is -0.0100. The molecular formula is C8H17O7P. The van der Waals surface area contributed by atoms with Gasteiger partial charge < -0.3 is 19.1 Å². The molecule has 0 amide bonds. The van der Waals surface area contributed by atoms with E-state index >= 15 is 0 Å². The molecule has 7 nitrogen and oxygen atoms in total. The highest BCUT2D eigenvalue weighted by molar-refractivity contribution is 7.47. The lowest BCUT2D eigenvalue weighted by Gasteiger charge is -2.23. The fourth-order valence-corrected chi connectivity index (χ4v) is 2.15. The van der Waals surface area contributed by atoms with Gasteiger partial charge in [0.05, 0.1) is 13.2 Å². The van der Waals surface area contributed by atoms with E-state index in [2.05, 4.69) is 4.52 Å². The maximum atomic E-state index is 11.3. The molecular weight excluding hydrogens is 239 g/mol. The van der Waals surface area contributed by atoms with Gasteiger partial charge in [-0.15, -0.1) is 0 Å². The van der Waals surface area contributed by atoms with Crippen LogP contribution in [0.1, 0.15) is 0 Å². The van der Waals surface area contributed by atoms with Crippen molar-refractivity contribution in [1.82, 2.24) is 0 Å². The summed E-state index contributed by atoms with van der Waals surface area (Å²) in [4.78, 5) is 9.24. The van der Waals surface area contributed by atoms with Crippen molar-refractivity contribution < 1.29 is 32.7 Å². The molecule has 8 heteroatoms. The normalized spacial score (nSPS) is 33.9. The van der Waals surface area contributed by atoms with Crippen LogP contribution in [0.3, 0.4) is 0 Å². The predicted molar refractivity (Wildman–Crippen MR) is 54.1 cm³/mol. The number of methoxy groups -OCH3 is 2. The maximum absolute atomic E-state index is 11.3. The summed E-state index contributed by atoms with van der Waals surface area (Å²) in [6, 6.07) is 0. The van der Waals surface area contributed by atoms with Crippen LogP contribution in [0.15, 0.2) is 0 Å². The van der Waals surface area contributed by atoms with Crippen molar-refractivity contribution in [3.05, 3.63) is 0 Å². The standard InChI is InChI=1S/C8H17O7P/c1-11-4-7-8(6(12-2)5-14-7)15-16(9,10)13-3/h6-8H,4-5H2,1-3H3,(H,9,10)/t6-,7-,8?/m1/s1. The molecule has 1 heterocycles. The summed E-state index contributed by atoms with van der Waals surface area (Å²) in [5, 5.41) is 0. The zero-order valence-electron chi connectivity index (χ0n) is 9.49. The van der Waals surface area contributed by atoms with Gasteiger partial charge in [-0.1, -0.05) is 0 Å². The molecule has 0 aromatic rings. The molecule has 1 saturated heterocycles. The van der Waals surface area contributed by atoms with Gasteiger partial charge in [-0.3, -0.25) is 9.05 Å². The van der Waals surface area contributed by atoms with Crippen molar-refractivity contribution in [2.45, 2.75) is 18.3 Å². The van der Waals surface area contributed by atoms with Crippen molar-refractivity contribution in [3.8, 4) is 0 Å². The van der Waals surface area contributed by atoms with Crippen molar-refractivity contribution in [3.63, 3.8) is 0 Å². The van der Waals surface area contributed by atoms with E-state index in [1.165, 1.54) is 14.2 Å². The molecule has 0 radical (unpaired) electrons. The number of hydrogen-bond donors (Lipinski definition) is 1. The van der Waals surface area contributed by atoms with E-state index in [0.29, 0.717) is 6.61 Å². The second-order valence-electron chi connectivity index (χ2n) is 3.32. The van der Waals surface area contributed by atoms with E-state index in [1.807, 2.05) is 0 Å². The SMILES string of the molecule is COC[C@H]1OC[C@@H](OC)C1OP(=O)(O)OC. The molecule has 1 rings (SSSR count). The second-order valence-corrected chi connectivity index (χ2v) is 4.84. The zero-order valence-corrected chi connectivity index (χ0v) is 10.4. The largest absolute Gasteiger partial charge is 0.472 e. The number of ether oxygens (including phenoxy) is 3. The van der Waals surface area contributed by atoms with Crippen LogP contribution in [0.5, 0.6) is 0 Å². The van der Waals surface area contributed by atoms with E-state index < -0.39 is 26.1 Å². The summed E-state index contributed by atoms with van der Waals surface area (Å²) < 4.78 is 36.0. The van der Waals surface area contributed by atoms with Gasteiger partial charge in [-0.05, 0) is 0 Å². The first-order chi connectivity index (χ1) is 7.54. The molecule has 0 aromatic heterocycles. The molecule has 2 unspecified atom stereocenters. The van der Waals surface area contributed by atoms with Crippen LogP contribution in [0.2, 0.25) is 0 Å². The Labute approximate surface area is 94.2 Å². The Bertz CT molecular complexity index is 259. The van der Waals surface area contributed by atoms with E-state index in [4.69, 9.17) is 18.7 Å². The van der Waals surface area contributed by atoms with E-state index in [0.717, 1.165) is 7.11 Å². The fraction of sp³-hybridized carbons (Fsp3) is 1.00. The highest BCUT2D eigenvalue weighted by Crippen LogP contribution is 2.45. The van der Waals surface area contributed by atoms with E-state index in [-0.39, 0.29) is 6.61 Å². The lowest BCUT2D eigenvalue weighted by molar-refractivity contribution is -0.0247. The molecule has 1 aliphatic rings. The Morgan fingerprint density at radius 3 is 2.62 bits per heavy atom. The first kappa shape index (κ1) is 14.1. The lowest BCUT2D eigenvalue weighted by Crippen LogP contribution is -2.36. The van der Waals surface area contributed by atoms with Gasteiger partial charge in [0, 0.05) is 21.3 Å². The average molecular weight is 256 g/mol. The predicted octanol–water partition coefficient (Wildman–Crippen LogP) is 0.179. The maximum Gasteiger partial charge on any atom is 0.472 e. The lowest BCUT2D eigenvalue weighted by atomic mass is 10.1. The summed E-state index contributed by atoms with van der Waals surface area (Å²) in [6.45, 7) is 0.549. The summed E-state index contributed by atoms with van der Waals surface area (Å²) >= 11 is 0. The van der Waals surface area contributed by atoms with Crippen molar-refractivity contribution in [2.24, 2.45) is 0 Å². The van der Waals surface area contributed by atoms with Crippen LogP contribution in [0.4, 0.5) is 0 Å². The summed E-state index contributed by atoms with van der Waals surface area (Å²) in [5.41, 5.74) is 0. The molecule has 0 aliphatic carbocycles. The van der Waals surface area contributed by atoms with Crippen LogP contribution in [-0.4, -0.2) is 57.7 Å². The highest BCUT2D eigenvalue weighted by atomic mass is 31.2. The summed E-state index contributed by atoms with van der Waals surface area (Å²) in [5.74, 6) is 0. The monoisotopic (exact) mass is 256 g/mol. The van der Waals surface area contributed by atoms with Gasteiger partial charge in [-0.2, -0.15) is 0 Å². The Morgan fingerprint density at radius 2 is 2.12 bits per heavy atom. The highest BCUT2D eigenvalue weighted by Gasteiger charge is 2.42. The molecule has 4 atom stereocenters. The third kappa shape index (κ3) is 3.49. The van der Waals surface area contributed by atoms with Gasteiger partial charge in [0.25, 0.3) is 0 Å². The first-order valence-corrected chi connectivity index (χ1v) is 6.24. The van der Waals surface area contributed by atoms with Crippen molar-refractivity contribution in [2.75, 3.05) is 34.5 Å². The smallest absolute Gasteiger partial charge is 0.382 e. The first-order valence-electron chi connectivity index (χ1n) is 4.74. The third-order valence-corrected chi connectivity index (χ3v) is 3.30. The number of rotatable bonds is 6. The van der Waals surface area contributed by atoms with E-state index in [1.54, 1.807) is 0 Å². The average Bonchev–Trinajstić information content (AvgIpc) is 2.61. The Morgan fingerprint density at radius 1 is 1.44 bits per heavy atom. The quantitative estimate of drug-likeness (QED) is 0.678. The number of hydrogen-bond acceptors (Lipinski definition) is 6. The minimum absolute atomic E-state index is 0.258. The van der Waals surface area contributed by atoms with Crippen molar-refractivity contribution >= 4 is 7.82 Å². The molecule has 0 bridgehead atoms. The van der Waals surface area contributed by atoms with Gasteiger partial charge in [0.15, 0.2) is 0 Å². The third-order valence-electron chi connectivity index (χ3n) is 2.33. The summed E-state index contributed by atoms with van der Waals surface area (Å²) in [6.07, 6.45) is -1.53. The molecule has 16 heavy (non-hydrogen) atoms. The van der Waals surface area contributed by atoms with Crippen molar-refractivity contribution in [1.29, 1.82) is 0 Å². The minimum Gasteiger partial charge on any atom is -0.382 e. The van der Waals surface area contributed by atoms with E-state index in [9.17, 15) is 9.46 Å². The molecule has 0 saturated carbocycles.